The van der Waals surface area contributed by atoms with Crippen LogP contribution in [0.2, 0.25) is 0 Å². The van der Waals surface area contributed by atoms with Gasteiger partial charge in [-0.05, 0) is 5.41 Å². The van der Waals surface area contributed by atoms with Gasteiger partial charge in [0, 0.05) is 13.1 Å². The van der Waals surface area contributed by atoms with Crippen molar-refractivity contribution >= 4 is 11.5 Å². The molecule has 0 spiro atoms. The van der Waals surface area contributed by atoms with Crippen molar-refractivity contribution in [2.75, 3.05) is 23.7 Å². The third-order valence-corrected chi connectivity index (χ3v) is 2.26. The zero-order valence-corrected chi connectivity index (χ0v) is 7.99. The summed E-state index contributed by atoms with van der Waals surface area (Å²) in [5, 5.41) is 0. The molecular weight excluding hydrogens is 164 g/mol. The number of hydrogen-bond donors (Lipinski definition) is 1. The van der Waals surface area contributed by atoms with Gasteiger partial charge in [-0.15, -0.1) is 0 Å². The van der Waals surface area contributed by atoms with Crippen LogP contribution in [0.15, 0.2) is 12.5 Å². The molecule has 0 unspecified atom stereocenters. The number of hydrogen-bond acceptors (Lipinski definition) is 4. The average molecular weight is 178 g/mol. The van der Waals surface area contributed by atoms with E-state index in [0.717, 1.165) is 18.9 Å². The average Bonchev–Trinajstić information content (AvgIpc) is 2.01. The summed E-state index contributed by atoms with van der Waals surface area (Å²) in [5.41, 5.74) is 6.82. The topological polar surface area (TPSA) is 55.0 Å². The van der Waals surface area contributed by atoms with Crippen LogP contribution in [0.4, 0.5) is 11.5 Å². The summed E-state index contributed by atoms with van der Waals surface area (Å²) in [5.74, 6) is 0.870. The van der Waals surface area contributed by atoms with Gasteiger partial charge in [0.25, 0.3) is 0 Å². The van der Waals surface area contributed by atoms with Gasteiger partial charge in [0.05, 0.1) is 11.9 Å². The van der Waals surface area contributed by atoms with Gasteiger partial charge >= 0.3 is 0 Å². The number of anilines is 2. The summed E-state index contributed by atoms with van der Waals surface area (Å²) in [7, 11) is 0. The van der Waals surface area contributed by atoms with Crippen LogP contribution in [-0.4, -0.2) is 23.1 Å². The fraction of sp³-hybridized carbons (Fsp3) is 0.556. The summed E-state index contributed by atoms with van der Waals surface area (Å²) < 4.78 is 0. The van der Waals surface area contributed by atoms with E-state index in [1.165, 1.54) is 6.33 Å². The lowest BCUT2D eigenvalue weighted by Gasteiger charge is -2.46. The minimum Gasteiger partial charge on any atom is -0.394 e. The number of aromatic nitrogens is 2. The largest absolute Gasteiger partial charge is 0.394 e. The zero-order chi connectivity index (χ0) is 9.47. The van der Waals surface area contributed by atoms with Crippen LogP contribution in [0.3, 0.4) is 0 Å². The highest BCUT2D eigenvalue weighted by molar-refractivity contribution is 5.62. The summed E-state index contributed by atoms with van der Waals surface area (Å²) in [4.78, 5) is 10.2. The third-order valence-electron chi connectivity index (χ3n) is 2.26. The molecule has 0 atom stereocenters. The molecule has 1 fully saturated rings. The molecule has 1 saturated heterocycles. The molecule has 2 N–H and O–H groups in total. The molecule has 13 heavy (non-hydrogen) atoms. The summed E-state index contributed by atoms with van der Waals surface area (Å²) >= 11 is 0. The fourth-order valence-electron chi connectivity index (χ4n) is 1.73. The molecule has 0 aromatic carbocycles. The van der Waals surface area contributed by atoms with E-state index in [0.29, 0.717) is 11.1 Å². The van der Waals surface area contributed by atoms with Crippen molar-refractivity contribution in [3.05, 3.63) is 12.5 Å². The van der Waals surface area contributed by atoms with Crippen molar-refractivity contribution < 1.29 is 0 Å². The Bertz CT molecular complexity index is 313. The van der Waals surface area contributed by atoms with Gasteiger partial charge in [0.1, 0.15) is 6.33 Å². The third kappa shape index (κ3) is 1.43. The van der Waals surface area contributed by atoms with Crippen LogP contribution in [0, 0.1) is 5.41 Å². The first-order valence-electron chi connectivity index (χ1n) is 4.39. The van der Waals surface area contributed by atoms with Crippen LogP contribution in [-0.2, 0) is 0 Å². The van der Waals surface area contributed by atoms with Crippen molar-refractivity contribution in [2.45, 2.75) is 13.8 Å². The molecular formula is C9H14N4. The Balaban J connectivity index is 2.16. The highest BCUT2D eigenvalue weighted by atomic mass is 15.3. The predicted octanol–water partition coefficient (Wildman–Crippen LogP) is 0.905. The van der Waals surface area contributed by atoms with Gasteiger partial charge in [-0.1, -0.05) is 13.8 Å². The molecule has 4 nitrogen and oxygen atoms in total. The maximum atomic E-state index is 5.75. The molecule has 70 valence electrons. The Morgan fingerprint density at radius 3 is 2.69 bits per heavy atom. The van der Waals surface area contributed by atoms with E-state index < -0.39 is 0 Å². The molecule has 1 aliphatic rings. The highest BCUT2D eigenvalue weighted by Gasteiger charge is 2.35. The van der Waals surface area contributed by atoms with Crippen molar-refractivity contribution in [1.82, 2.24) is 9.97 Å². The Kier molecular flexibility index (Phi) is 1.65. The number of nitrogens with zero attached hydrogens (tertiary/aromatic N) is 3. The Morgan fingerprint density at radius 1 is 1.46 bits per heavy atom. The van der Waals surface area contributed by atoms with Crippen LogP contribution < -0.4 is 10.6 Å². The zero-order valence-electron chi connectivity index (χ0n) is 7.99. The summed E-state index contributed by atoms with van der Waals surface area (Å²) in [6.45, 7) is 6.52. The molecule has 0 amide bonds. The predicted molar refractivity (Wildman–Crippen MR) is 52.4 cm³/mol. The highest BCUT2D eigenvalue weighted by Crippen LogP contribution is 2.34. The number of rotatable bonds is 1. The molecule has 4 heteroatoms. The molecule has 0 aliphatic carbocycles. The van der Waals surface area contributed by atoms with E-state index >= 15 is 0 Å². The van der Waals surface area contributed by atoms with Gasteiger partial charge in [-0.25, -0.2) is 9.97 Å². The monoisotopic (exact) mass is 178 g/mol. The van der Waals surface area contributed by atoms with Crippen LogP contribution >= 0.6 is 0 Å². The molecule has 0 radical (unpaired) electrons. The Morgan fingerprint density at radius 2 is 2.15 bits per heavy atom. The maximum absolute atomic E-state index is 5.75. The second-order valence-corrected chi connectivity index (χ2v) is 4.32. The smallest absolute Gasteiger partial charge is 0.155 e. The second kappa shape index (κ2) is 2.58. The van der Waals surface area contributed by atoms with Crippen molar-refractivity contribution in [3.63, 3.8) is 0 Å². The maximum Gasteiger partial charge on any atom is 0.155 e. The van der Waals surface area contributed by atoms with Gasteiger partial charge < -0.3 is 10.6 Å². The summed E-state index contributed by atoms with van der Waals surface area (Å²) in [6, 6.07) is 0. The van der Waals surface area contributed by atoms with E-state index in [1.807, 2.05) is 0 Å². The lowest BCUT2D eigenvalue weighted by Crippen LogP contribution is -2.53. The van der Waals surface area contributed by atoms with Crippen molar-refractivity contribution in [3.8, 4) is 0 Å². The molecule has 1 aromatic rings. The van der Waals surface area contributed by atoms with Gasteiger partial charge in [-0.3, -0.25) is 0 Å². The van der Waals surface area contributed by atoms with E-state index in [-0.39, 0.29) is 0 Å². The number of nitrogens with two attached hydrogens (primary N) is 1. The lowest BCUT2D eigenvalue weighted by atomic mass is 9.84. The van der Waals surface area contributed by atoms with Crippen LogP contribution in [0.1, 0.15) is 13.8 Å². The first-order valence-corrected chi connectivity index (χ1v) is 4.39. The molecule has 1 aromatic heterocycles. The molecule has 2 rings (SSSR count). The lowest BCUT2D eigenvalue weighted by molar-refractivity contribution is 0.275. The van der Waals surface area contributed by atoms with Crippen LogP contribution in [0.25, 0.3) is 0 Å². The minimum atomic E-state index is 0.400. The quantitative estimate of drug-likeness (QED) is 0.694. The van der Waals surface area contributed by atoms with Crippen LogP contribution in [0.5, 0.6) is 0 Å². The Hall–Kier alpha value is -1.32. The van der Waals surface area contributed by atoms with Gasteiger partial charge in [0.2, 0.25) is 0 Å². The molecule has 1 aliphatic heterocycles. The van der Waals surface area contributed by atoms with E-state index in [9.17, 15) is 0 Å². The standard InChI is InChI=1S/C9H14N4/c1-9(2)4-13(5-9)8-7(10)3-11-6-12-8/h3,6H,4-5,10H2,1-2H3. The van der Waals surface area contributed by atoms with E-state index in [4.69, 9.17) is 5.73 Å². The SMILES string of the molecule is CC1(C)CN(c2ncncc2N)C1. The van der Waals surface area contributed by atoms with Gasteiger partial charge in [-0.2, -0.15) is 0 Å². The molecule has 0 bridgehead atoms. The van der Waals surface area contributed by atoms with Crippen molar-refractivity contribution in [2.24, 2.45) is 5.41 Å². The second-order valence-electron chi connectivity index (χ2n) is 4.32. The molecule has 0 saturated carbocycles. The van der Waals surface area contributed by atoms with E-state index in [1.54, 1.807) is 6.20 Å². The molecule has 2 heterocycles. The van der Waals surface area contributed by atoms with Crippen molar-refractivity contribution in [1.29, 1.82) is 0 Å². The fourth-order valence-corrected chi connectivity index (χ4v) is 1.73. The number of nitrogen functional groups attached to an aromatic ring is 1. The minimum absolute atomic E-state index is 0.400. The first-order chi connectivity index (χ1) is 6.08. The normalized spacial score (nSPS) is 19.7. The van der Waals surface area contributed by atoms with Gasteiger partial charge in [0.15, 0.2) is 5.82 Å². The Labute approximate surface area is 77.8 Å². The van der Waals surface area contributed by atoms with E-state index in [2.05, 4.69) is 28.7 Å². The summed E-state index contributed by atoms with van der Waals surface area (Å²) in [6.07, 6.45) is 3.19. The first kappa shape index (κ1) is 8.29.